The van der Waals surface area contributed by atoms with Gasteiger partial charge in [0.15, 0.2) is 0 Å². The van der Waals surface area contributed by atoms with Crippen LogP contribution < -0.4 is 5.32 Å². The number of carbonyl (C=O) groups is 1. The van der Waals surface area contributed by atoms with E-state index in [0.29, 0.717) is 19.0 Å². The Morgan fingerprint density at radius 3 is 2.81 bits per heavy atom. The van der Waals surface area contributed by atoms with E-state index in [-0.39, 0.29) is 17.8 Å². The number of aromatic nitrogens is 3. The molecule has 1 rings (SSSR count). The maximum atomic E-state index is 11.5. The highest BCUT2D eigenvalue weighted by Gasteiger charge is 2.13. The predicted octanol–water partition coefficient (Wildman–Crippen LogP) is -0.496. The van der Waals surface area contributed by atoms with Crippen LogP contribution in [0.2, 0.25) is 0 Å². The van der Waals surface area contributed by atoms with Crippen molar-refractivity contribution in [1.82, 2.24) is 20.5 Å². The fourth-order valence-corrected chi connectivity index (χ4v) is 1.13. The first kappa shape index (κ1) is 12.6. The molecular formula is C9H16N4O3. The Morgan fingerprint density at radius 1 is 1.56 bits per heavy atom. The van der Waals surface area contributed by atoms with Gasteiger partial charge in [-0.2, -0.15) is 0 Å². The predicted molar refractivity (Wildman–Crippen MR) is 56.1 cm³/mol. The Kier molecular flexibility index (Phi) is 4.87. The number of nitrogens with zero attached hydrogens (tertiary/aromatic N) is 2. The number of aromatic amines is 1. The summed E-state index contributed by atoms with van der Waals surface area (Å²) in [7, 11) is 3.14. The van der Waals surface area contributed by atoms with Gasteiger partial charge in [-0.3, -0.25) is 9.89 Å². The largest absolute Gasteiger partial charge is 0.382 e. The van der Waals surface area contributed by atoms with Crippen molar-refractivity contribution in [1.29, 1.82) is 0 Å². The maximum Gasteiger partial charge on any atom is 0.291 e. The number of carbonyl (C=O) groups excluding carboxylic acids is 1. The Bertz CT molecular complexity index is 339. The second kappa shape index (κ2) is 6.19. The lowest BCUT2D eigenvalue weighted by Gasteiger charge is -2.13. The van der Waals surface area contributed by atoms with E-state index in [1.54, 1.807) is 21.1 Å². The molecule has 90 valence electrons. The zero-order valence-corrected chi connectivity index (χ0v) is 9.61. The molecule has 1 aromatic heterocycles. The van der Waals surface area contributed by atoms with Gasteiger partial charge in [-0.1, -0.05) is 0 Å². The lowest BCUT2D eigenvalue weighted by molar-refractivity contribution is 0.0284. The average Bonchev–Trinajstić information content (AvgIpc) is 2.70. The van der Waals surface area contributed by atoms with Crippen molar-refractivity contribution >= 4 is 5.91 Å². The first-order valence-electron chi connectivity index (χ1n) is 4.86. The van der Waals surface area contributed by atoms with Crippen LogP contribution in [0.3, 0.4) is 0 Å². The molecule has 2 N–H and O–H groups in total. The molecule has 7 heteroatoms. The van der Waals surface area contributed by atoms with Crippen molar-refractivity contribution < 1.29 is 14.3 Å². The van der Waals surface area contributed by atoms with Crippen molar-refractivity contribution in [2.45, 2.75) is 13.0 Å². The molecule has 16 heavy (non-hydrogen) atoms. The Hall–Kier alpha value is -1.47. The summed E-state index contributed by atoms with van der Waals surface area (Å²) < 4.78 is 10.0. The summed E-state index contributed by atoms with van der Waals surface area (Å²) in [6.45, 7) is 2.51. The quantitative estimate of drug-likeness (QED) is 0.685. The molecule has 7 nitrogen and oxygen atoms in total. The molecule has 0 aliphatic heterocycles. The highest BCUT2D eigenvalue weighted by atomic mass is 16.5. The lowest BCUT2D eigenvalue weighted by Crippen LogP contribution is -2.36. The van der Waals surface area contributed by atoms with Crippen molar-refractivity contribution in [2.24, 2.45) is 0 Å². The van der Waals surface area contributed by atoms with Crippen LogP contribution in [0.15, 0.2) is 0 Å². The van der Waals surface area contributed by atoms with Crippen molar-refractivity contribution in [2.75, 3.05) is 27.4 Å². The topological polar surface area (TPSA) is 89.1 Å². The zero-order chi connectivity index (χ0) is 12.0. The van der Waals surface area contributed by atoms with Crippen LogP contribution >= 0.6 is 0 Å². The lowest BCUT2D eigenvalue weighted by atomic mass is 10.3. The molecule has 0 fully saturated rings. The molecule has 0 aromatic carbocycles. The number of hydrogen-bond acceptors (Lipinski definition) is 5. The summed E-state index contributed by atoms with van der Waals surface area (Å²) in [6.07, 6.45) is -0.172. The molecule has 1 atom stereocenters. The zero-order valence-electron chi connectivity index (χ0n) is 9.61. The van der Waals surface area contributed by atoms with Crippen molar-refractivity contribution in [3.05, 3.63) is 11.6 Å². The van der Waals surface area contributed by atoms with Crippen LogP contribution in [0.25, 0.3) is 0 Å². The van der Waals surface area contributed by atoms with Crippen molar-refractivity contribution in [3.8, 4) is 0 Å². The third kappa shape index (κ3) is 3.59. The van der Waals surface area contributed by atoms with Crippen LogP contribution in [0, 0.1) is 6.92 Å². The fourth-order valence-electron chi connectivity index (χ4n) is 1.13. The standard InChI is InChI=1S/C9H16N4O3/c1-6-11-8(13-12-6)9(14)10-4-7(16-3)5-15-2/h7H,4-5H2,1-3H3,(H,10,14)(H,11,12,13). The number of nitrogens with one attached hydrogen (secondary N) is 2. The average molecular weight is 228 g/mol. The molecule has 0 saturated heterocycles. The Balaban J connectivity index is 2.40. The molecule has 0 saturated carbocycles. The number of rotatable bonds is 6. The fraction of sp³-hybridized carbons (Fsp3) is 0.667. The highest BCUT2D eigenvalue weighted by Crippen LogP contribution is 1.92. The van der Waals surface area contributed by atoms with Crippen LogP contribution in [0.1, 0.15) is 16.4 Å². The van der Waals surface area contributed by atoms with Gasteiger partial charge < -0.3 is 14.8 Å². The number of H-pyrrole nitrogens is 1. The molecular weight excluding hydrogens is 212 g/mol. The number of aryl methyl sites for hydroxylation is 1. The summed E-state index contributed by atoms with van der Waals surface area (Å²) in [5.41, 5.74) is 0. The minimum atomic E-state index is -0.331. The second-order valence-electron chi connectivity index (χ2n) is 3.27. The minimum absolute atomic E-state index is 0.129. The van der Waals surface area contributed by atoms with E-state index in [4.69, 9.17) is 9.47 Å². The molecule has 0 radical (unpaired) electrons. The monoisotopic (exact) mass is 228 g/mol. The number of hydrogen-bond donors (Lipinski definition) is 2. The molecule has 1 unspecified atom stereocenters. The SMILES string of the molecule is COCC(CNC(=O)c1n[nH]c(C)n1)OC. The first-order chi connectivity index (χ1) is 7.67. The molecule has 0 bridgehead atoms. The van der Waals surface area contributed by atoms with Gasteiger partial charge in [-0.05, 0) is 6.92 Å². The summed E-state index contributed by atoms with van der Waals surface area (Å²) >= 11 is 0. The normalized spacial score (nSPS) is 12.4. The minimum Gasteiger partial charge on any atom is -0.382 e. The summed E-state index contributed by atoms with van der Waals surface area (Å²) in [5.74, 6) is 0.401. The molecule has 1 aromatic rings. The van der Waals surface area contributed by atoms with Gasteiger partial charge in [0, 0.05) is 20.8 Å². The van der Waals surface area contributed by atoms with Gasteiger partial charge in [-0.15, -0.1) is 5.10 Å². The van der Waals surface area contributed by atoms with Crippen LogP contribution in [-0.4, -0.2) is 54.6 Å². The van der Waals surface area contributed by atoms with E-state index in [1.165, 1.54) is 0 Å². The van der Waals surface area contributed by atoms with E-state index in [2.05, 4.69) is 20.5 Å². The first-order valence-corrected chi connectivity index (χ1v) is 4.86. The maximum absolute atomic E-state index is 11.5. The number of ether oxygens (including phenoxy) is 2. The van der Waals surface area contributed by atoms with Gasteiger partial charge in [0.05, 0.1) is 12.7 Å². The van der Waals surface area contributed by atoms with Gasteiger partial charge in [0.1, 0.15) is 5.82 Å². The smallest absolute Gasteiger partial charge is 0.291 e. The molecule has 1 amide bonds. The summed E-state index contributed by atoms with van der Waals surface area (Å²) in [5, 5.41) is 9.00. The van der Waals surface area contributed by atoms with Crippen LogP contribution in [-0.2, 0) is 9.47 Å². The van der Waals surface area contributed by atoms with Crippen LogP contribution in [0.4, 0.5) is 0 Å². The van der Waals surface area contributed by atoms with Gasteiger partial charge in [0.2, 0.25) is 5.82 Å². The third-order valence-electron chi connectivity index (χ3n) is 1.98. The third-order valence-corrected chi connectivity index (χ3v) is 1.98. The van der Waals surface area contributed by atoms with E-state index in [0.717, 1.165) is 0 Å². The highest BCUT2D eigenvalue weighted by molar-refractivity contribution is 5.90. The molecule has 1 heterocycles. The summed E-state index contributed by atoms with van der Waals surface area (Å²) in [4.78, 5) is 15.4. The Morgan fingerprint density at radius 2 is 2.31 bits per heavy atom. The molecule has 0 spiro atoms. The number of methoxy groups -OCH3 is 2. The summed E-state index contributed by atoms with van der Waals surface area (Å²) in [6, 6.07) is 0. The van der Waals surface area contributed by atoms with E-state index < -0.39 is 0 Å². The Labute approximate surface area is 93.5 Å². The van der Waals surface area contributed by atoms with E-state index >= 15 is 0 Å². The van der Waals surface area contributed by atoms with Gasteiger partial charge in [-0.25, -0.2) is 4.98 Å². The second-order valence-corrected chi connectivity index (χ2v) is 3.27. The van der Waals surface area contributed by atoms with E-state index in [1.807, 2.05) is 0 Å². The molecule has 0 aliphatic carbocycles. The van der Waals surface area contributed by atoms with Crippen LogP contribution in [0.5, 0.6) is 0 Å². The van der Waals surface area contributed by atoms with Crippen molar-refractivity contribution in [3.63, 3.8) is 0 Å². The van der Waals surface area contributed by atoms with Gasteiger partial charge >= 0.3 is 0 Å². The van der Waals surface area contributed by atoms with E-state index in [9.17, 15) is 4.79 Å². The van der Waals surface area contributed by atoms with Gasteiger partial charge in [0.25, 0.3) is 5.91 Å². The molecule has 0 aliphatic rings. The number of amides is 1.